The van der Waals surface area contributed by atoms with Crippen molar-refractivity contribution in [1.29, 1.82) is 0 Å². The molecule has 112 valence electrons. The lowest BCUT2D eigenvalue weighted by atomic mass is 10.1. The van der Waals surface area contributed by atoms with Gasteiger partial charge in [0.2, 0.25) is 11.7 Å². The number of ether oxygens (including phenoxy) is 1. The van der Waals surface area contributed by atoms with E-state index in [0.717, 1.165) is 25.1 Å². The Morgan fingerprint density at radius 2 is 2.14 bits per heavy atom. The summed E-state index contributed by atoms with van der Waals surface area (Å²) in [5.41, 5.74) is 0.977. The normalized spacial score (nSPS) is 23.3. The summed E-state index contributed by atoms with van der Waals surface area (Å²) in [4.78, 5) is 4.50. The van der Waals surface area contributed by atoms with E-state index in [2.05, 4.69) is 29.3 Å². The number of benzene rings is 1. The number of hydrogen-bond acceptors (Lipinski definition) is 5. The summed E-state index contributed by atoms with van der Waals surface area (Å²) in [6, 6.07) is 10.3. The molecule has 1 aliphatic heterocycles. The smallest absolute Gasteiger partial charge is 0.231 e. The van der Waals surface area contributed by atoms with Crippen molar-refractivity contribution in [1.82, 2.24) is 15.5 Å². The molecule has 0 radical (unpaired) electrons. The van der Waals surface area contributed by atoms with Crippen molar-refractivity contribution < 1.29 is 9.26 Å². The molecule has 0 bridgehead atoms. The second kappa shape index (κ2) is 6.37. The summed E-state index contributed by atoms with van der Waals surface area (Å²) in [5, 5.41) is 7.59. The summed E-state index contributed by atoms with van der Waals surface area (Å²) in [5.74, 6) is 1.51. The van der Waals surface area contributed by atoms with E-state index in [0.29, 0.717) is 17.8 Å². The van der Waals surface area contributed by atoms with Gasteiger partial charge in [0.15, 0.2) is 0 Å². The minimum atomic E-state index is 0.183. The van der Waals surface area contributed by atoms with Crippen molar-refractivity contribution in [3.8, 4) is 11.4 Å². The van der Waals surface area contributed by atoms with Crippen LogP contribution in [0.4, 0.5) is 0 Å². The monoisotopic (exact) mass is 287 g/mol. The van der Waals surface area contributed by atoms with E-state index in [1.165, 1.54) is 0 Å². The summed E-state index contributed by atoms with van der Waals surface area (Å²) >= 11 is 0. The number of nitrogens with one attached hydrogen (secondary N) is 1. The minimum absolute atomic E-state index is 0.183. The molecule has 1 saturated heterocycles. The van der Waals surface area contributed by atoms with Gasteiger partial charge in [0.05, 0.1) is 6.10 Å². The van der Waals surface area contributed by atoms with Crippen LogP contribution in [0.1, 0.15) is 32.1 Å². The molecule has 0 spiro atoms. The first-order valence-electron chi connectivity index (χ1n) is 7.48. The zero-order chi connectivity index (χ0) is 14.7. The lowest BCUT2D eigenvalue weighted by Crippen LogP contribution is -2.36. The van der Waals surface area contributed by atoms with E-state index < -0.39 is 0 Å². The van der Waals surface area contributed by atoms with Gasteiger partial charge in [-0.05, 0) is 13.3 Å². The predicted molar refractivity (Wildman–Crippen MR) is 80.0 cm³/mol. The predicted octanol–water partition coefficient (Wildman–Crippen LogP) is 2.61. The van der Waals surface area contributed by atoms with Crippen molar-refractivity contribution >= 4 is 0 Å². The van der Waals surface area contributed by atoms with Crippen molar-refractivity contribution in [2.45, 2.75) is 38.3 Å². The lowest BCUT2D eigenvalue weighted by molar-refractivity contribution is 0.113. The maximum absolute atomic E-state index is 5.55. The molecule has 3 atom stereocenters. The summed E-state index contributed by atoms with van der Waals surface area (Å²) in [6.45, 7) is 5.85. The van der Waals surface area contributed by atoms with Crippen molar-refractivity contribution in [2.75, 3.05) is 13.2 Å². The fraction of sp³-hybridized carbons (Fsp3) is 0.500. The molecular formula is C16H21N3O2. The highest BCUT2D eigenvalue weighted by Crippen LogP contribution is 2.20. The van der Waals surface area contributed by atoms with Gasteiger partial charge in [-0.2, -0.15) is 4.98 Å². The van der Waals surface area contributed by atoms with Crippen molar-refractivity contribution in [3.05, 3.63) is 36.2 Å². The standard InChI is InChI=1S/C16H21N3O2/c1-11(10-17-14-8-9-20-12(14)2)16-18-15(19-21-16)13-6-4-3-5-7-13/h3-7,11-12,14,17H,8-10H2,1-2H3/t11-,12+,14+/m1/s1. The first-order valence-corrected chi connectivity index (χ1v) is 7.48. The van der Waals surface area contributed by atoms with Gasteiger partial charge in [0.25, 0.3) is 0 Å². The summed E-state index contributed by atoms with van der Waals surface area (Å²) < 4.78 is 10.9. The summed E-state index contributed by atoms with van der Waals surface area (Å²) in [7, 11) is 0. The minimum Gasteiger partial charge on any atom is -0.377 e. The first kappa shape index (κ1) is 14.2. The van der Waals surface area contributed by atoms with E-state index in [1.54, 1.807) is 0 Å². The van der Waals surface area contributed by atoms with Crippen molar-refractivity contribution in [2.24, 2.45) is 0 Å². The Bertz CT molecular complexity index is 570. The SMILES string of the molecule is C[C@H](CN[C@H]1CCO[C@H]1C)c1nc(-c2ccccc2)no1. The fourth-order valence-corrected chi connectivity index (χ4v) is 2.56. The molecule has 1 aromatic carbocycles. The van der Waals surface area contributed by atoms with Gasteiger partial charge in [-0.15, -0.1) is 0 Å². The molecule has 0 aliphatic carbocycles. The number of rotatable bonds is 5. The molecule has 5 nitrogen and oxygen atoms in total. The van der Waals surface area contributed by atoms with Crippen LogP contribution in [0.5, 0.6) is 0 Å². The molecule has 1 fully saturated rings. The Morgan fingerprint density at radius 3 is 2.86 bits per heavy atom. The highest BCUT2D eigenvalue weighted by molar-refractivity contribution is 5.53. The zero-order valence-corrected chi connectivity index (χ0v) is 12.5. The number of nitrogens with zero attached hydrogens (tertiary/aromatic N) is 2. The van der Waals surface area contributed by atoms with Gasteiger partial charge in [-0.25, -0.2) is 0 Å². The Kier molecular flexibility index (Phi) is 4.31. The quantitative estimate of drug-likeness (QED) is 0.916. The van der Waals surface area contributed by atoms with Crippen LogP contribution >= 0.6 is 0 Å². The number of aromatic nitrogens is 2. The molecule has 0 unspecified atom stereocenters. The molecule has 1 N–H and O–H groups in total. The second-order valence-corrected chi connectivity index (χ2v) is 5.60. The van der Waals surface area contributed by atoms with Crippen molar-refractivity contribution in [3.63, 3.8) is 0 Å². The molecule has 1 aliphatic rings. The van der Waals surface area contributed by atoms with Gasteiger partial charge >= 0.3 is 0 Å². The highest BCUT2D eigenvalue weighted by Gasteiger charge is 2.25. The fourth-order valence-electron chi connectivity index (χ4n) is 2.56. The Balaban J connectivity index is 1.60. The summed E-state index contributed by atoms with van der Waals surface area (Å²) in [6.07, 6.45) is 1.34. The Hall–Kier alpha value is -1.72. The van der Waals surface area contributed by atoms with Crippen LogP contribution in [0.15, 0.2) is 34.9 Å². The van der Waals surface area contributed by atoms with E-state index >= 15 is 0 Å². The molecule has 1 aromatic heterocycles. The van der Waals surface area contributed by atoms with Gasteiger partial charge < -0.3 is 14.6 Å². The largest absolute Gasteiger partial charge is 0.377 e. The van der Waals surface area contributed by atoms with Crippen LogP contribution in [-0.4, -0.2) is 35.4 Å². The second-order valence-electron chi connectivity index (χ2n) is 5.60. The van der Waals surface area contributed by atoms with Crippen LogP contribution in [-0.2, 0) is 4.74 Å². The van der Waals surface area contributed by atoms with E-state index in [1.807, 2.05) is 30.3 Å². The van der Waals surface area contributed by atoms with Crippen LogP contribution in [0.3, 0.4) is 0 Å². The van der Waals surface area contributed by atoms with Crippen LogP contribution in [0.2, 0.25) is 0 Å². The lowest BCUT2D eigenvalue weighted by Gasteiger charge is -2.17. The third-order valence-electron chi connectivity index (χ3n) is 3.96. The first-order chi connectivity index (χ1) is 10.2. The average molecular weight is 287 g/mol. The molecule has 2 aromatic rings. The molecule has 0 saturated carbocycles. The highest BCUT2D eigenvalue weighted by atomic mass is 16.5. The maximum Gasteiger partial charge on any atom is 0.231 e. The Labute approximate surface area is 124 Å². The maximum atomic E-state index is 5.55. The zero-order valence-electron chi connectivity index (χ0n) is 12.5. The topological polar surface area (TPSA) is 60.2 Å². The average Bonchev–Trinajstić information content (AvgIpc) is 3.15. The van der Waals surface area contributed by atoms with Gasteiger partial charge in [0, 0.05) is 30.7 Å². The molecule has 5 heteroatoms. The van der Waals surface area contributed by atoms with Crippen LogP contribution in [0, 0.1) is 0 Å². The van der Waals surface area contributed by atoms with E-state index in [9.17, 15) is 0 Å². The van der Waals surface area contributed by atoms with Crippen LogP contribution in [0.25, 0.3) is 11.4 Å². The third kappa shape index (κ3) is 3.31. The van der Waals surface area contributed by atoms with Gasteiger partial charge in [-0.1, -0.05) is 42.4 Å². The molecule has 0 amide bonds. The van der Waals surface area contributed by atoms with E-state index in [-0.39, 0.29) is 12.0 Å². The Morgan fingerprint density at radius 1 is 1.33 bits per heavy atom. The van der Waals surface area contributed by atoms with Gasteiger partial charge in [-0.3, -0.25) is 0 Å². The molecule has 2 heterocycles. The third-order valence-corrected chi connectivity index (χ3v) is 3.96. The number of hydrogen-bond donors (Lipinski definition) is 1. The van der Waals surface area contributed by atoms with E-state index in [4.69, 9.17) is 9.26 Å². The van der Waals surface area contributed by atoms with Crippen LogP contribution < -0.4 is 5.32 Å². The molecule has 3 rings (SSSR count). The molecular weight excluding hydrogens is 266 g/mol. The molecule has 21 heavy (non-hydrogen) atoms. The van der Waals surface area contributed by atoms with Gasteiger partial charge in [0.1, 0.15) is 0 Å².